The monoisotopic (exact) mass is 440 g/mol. The number of carbonyl (C=O) groups excluding carboxylic acids is 2. The molecule has 0 saturated carbocycles. The van der Waals surface area contributed by atoms with Crippen molar-refractivity contribution in [2.75, 3.05) is 34.7 Å². The molecule has 1 fully saturated rings. The molecule has 0 spiro atoms. The van der Waals surface area contributed by atoms with Gasteiger partial charge in [-0.2, -0.15) is 0 Å². The van der Waals surface area contributed by atoms with Gasteiger partial charge < -0.3 is 28.6 Å². The second-order valence-electron chi connectivity index (χ2n) is 7.76. The second-order valence-corrected chi connectivity index (χ2v) is 7.76. The van der Waals surface area contributed by atoms with Crippen molar-refractivity contribution < 1.29 is 33.3 Å². The van der Waals surface area contributed by atoms with Gasteiger partial charge in [0.25, 0.3) is 5.91 Å². The van der Waals surface area contributed by atoms with E-state index < -0.39 is 12.1 Å². The lowest BCUT2D eigenvalue weighted by atomic mass is 9.84. The highest BCUT2D eigenvalue weighted by Gasteiger charge is 2.51. The molecule has 2 aromatic carbocycles. The zero-order valence-corrected chi connectivity index (χ0v) is 18.3. The van der Waals surface area contributed by atoms with Crippen LogP contribution in [0, 0.1) is 0 Å². The highest BCUT2D eigenvalue weighted by molar-refractivity contribution is 6.05. The van der Waals surface area contributed by atoms with E-state index in [9.17, 15) is 9.59 Å². The summed E-state index contributed by atoms with van der Waals surface area (Å²) < 4.78 is 27.7. The van der Waals surface area contributed by atoms with Crippen molar-refractivity contribution in [2.24, 2.45) is 0 Å². The Kier molecular flexibility index (Phi) is 4.76. The molecule has 9 heteroatoms. The van der Waals surface area contributed by atoms with E-state index >= 15 is 0 Å². The molecule has 2 aromatic rings. The van der Waals surface area contributed by atoms with Gasteiger partial charge in [0, 0.05) is 13.0 Å². The summed E-state index contributed by atoms with van der Waals surface area (Å²) in [5.41, 5.74) is 2.55. The largest absolute Gasteiger partial charge is 0.493 e. The minimum absolute atomic E-state index is 0.141. The number of fused-ring (bicyclic) bond motifs is 3. The van der Waals surface area contributed by atoms with Crippen molar-refractivity contribution >= 4 is 11.9 Å². The molecular weight excluding hydrogens is 416 g/mol. The van der Waals surface area contributed by atoms with Crippen molar-refractivity contribution in [1.29, 1.82) is 0 Å². The van der Waals surface area contributed by atoms with E-state index in [0.717, 1.165) is 16.7 Å². The highest BCUT2D eigenvalue weighted by Crippen LogP contribution is 2.49. The molecule has 0 N–H and O–H groups in total. The van der Waals surface area contributed by atoms with Crippen LogP contribution in [0.25, 0.3) is 0 Å². The van der Waals surface area contributed by atoms with E-state index in [1.807, 2.05) is 24.3 Å². The fourth-order valence-corrected chi connectivity index (χ4v) is 4.82. The first-order valence-corrected chi connectivity index (χ1v) is 10.4. The summed E-state index contributed by atoms with van der Waals surface area (Å²) in [5, 5.41) is 0. The maximum atomic E-state index is 13.3. The molecule has 168 valence electrons. The van der Waals surface area contributed by atoms with Crippen LogP contribution in [0.4, 0.5) is 4.79 Å². The average Bonchev–Trinajstić information content (AvgIpc) is 3.36. The lowest BCUT2D eigenvalue weighted by molar-refractivity contribution is -0.128. The fraction of sp³-hybridized carbons (Fsp3) is 0.391. The third-order valence-electron chi connectivity index (χ3n) is 6.28. The lowest BCUT2D eigenvalue weighted by Crippen LogP contribution is -2.44. The van der Waals surface area contributed by atoms with Crippen LogP contribution < -0.4 is 23.7 Å². The van der Waals surface area contributed by atoms with E-state index in [4.69, 9.17) is 23.7 Å². The molecule has 3 heterocycles. The number of hydrogen-bond acceptors (Lipinski definition) is 7. The number of likely N-dealkylation sites (N-methyl/N-ethyl adjacent to an activating group) is 1. The molecule has 2 atom stereocenters. The Morgan fingerprint density at radius 2 is 1.62 bits per heavy atom. The number of carbonyl (C=O) groups is 2. The Morgan fingerprint density at radius 3 is 2.22 bits per heavy atom. The van der Waals surface area contributed by atoms with Gasteiger partial charge in [0.15, 0.2) is 23.0 Å². The molecular formula is C23H24N2O7. The van der Waals surface area contributed by atoms with Crippen molar-refractivity contribution in [3.05, 3.63) is 41.0 Å². The summed E-state index contributed by atoms with van der Waals surface area (Å²) >= 11 is 0. The Bertz CT molecular complexity index is 1090. The van der Waals surface area contributed by atoms with E-state index in [-0.39, 0.29) is 18.7 Å². The quantitative estimate of drug-likeness (QED) is 0.661. The molecule has 32 heavy (non-hydrogen) atoms. The topological polar surface area (TPSA) is 86.8 Å². The van der Waals surface area contributed by atoms with Crippen LogP contribution in [-0.2, 0) is 11.2 Å². The summed E-state index contributed by atoms with van der Waals surface area (Å²) in [6.07, 6.45) is 0.411. The number of methoxy groups -OCH3 is 3. The van der Waals surface area contributed by atoms with Crippen LogP contribution in [0.15, 0.2) is 24.3 Å². The Labute approximate surface area is 185 Å². The van der Waals surface area contributed by atoms with E-state index in [1.165, 1.54) is 12.0 Å². The van der Waals surface area contributed by atoms with Gasteiger partial charge in [-0.15, -0.1) is 0 Å². The smallest absolute Gasteiger partial charge is 0.328 e. The predicted octanol–water partition coefficient (Wildman–Crippen LogP) is 2.74. The van der Waals surface area contributed by atoms with Crippen molar-refractivity contribution in [1.82, 2.24) is 9.80 Å². The van der Waals surface area contributed by atoms with Gasteiger partial charge in [0.2, 0.25) is 12.5 Å². The maximum Gasteiger partial charge on any atom is 0.328 e. The number of benzene rings is 2. The molecule has 1 saturated heterocycles. The first-order valence-electron chi connectivity index (χ1n) is 10.4. The third kappa shape index (κ3) is 2.77. The molecule has 0 radical (unpaired) electrons. The Hall–Kier alpha value is -3.62. The SMILES string of the molecule is CCN1C(=O)[C@@H]2Cc3cc4c(cc3[C@@H](c3cc(OC)c(OC)c(OC)c3)N2C1=O)OCO4. The van der Waals surface area contributed by atoms with Crippen molar-refractivity contribution in [3.63, 3.8) is 0 Å². The first kappa shape index (κ1) is 20.3. The van der Waals surface area contributed by atoms with Crippen molar-refractivity contribution in [2.45, 2.75) is 25.4 Å². The van der Waals surface area contributed by atoms with E-state index in [1.54, 1.807) is 26.0 Å². The summed E-state index contributed by atoms with van der Waals surface area (Å²) in [7, 11) is 4.62. The van der Waals surface area contributed by atoms with Gasteiger partial charge in [-0.1, -0.05) is 0 Å². The normalized spacial score (nSPS) is 20.9. The van der Waals surface area contributed by atoms with E-state index in [2.05, 4.69) is 0 Å². The number of hydrogen-bond donors (Lipinski definition) is 0. The third-order valence-corrected chi connectivity index (χ3v) is 6.28. The summed E-state index contributed by atoms with van der Waals surface area (Å²) in [5.74, 6) is 2.46. The summed E-state index contributed by atoms with van der Waals surface area (Å²) in [6.45, 7) is 2.25. The van der Waals surface area contributed by atoms with Gasteiger partial charge in [0.1, 0.15) is 6.04 Å². The molecule has 3 amide bonds. The average molecular weight is 440 g/mol. The molecule has 9 nitrogen and oxygen atoms in total. The number of rotatable bonds is 5. The predicted molar refractivity (Wildman–Crippen MR) is 113 cm³/mol. The fourth-order valence-electron chi connectivity index (χ4n) is 4.82. The number of nitrogens with zero attached hydrogens (tertiary/aromatic N) is 2. The lowest BCUT2D eigenvalue weighted by Gasteiger charge is -2.38. The van der Waals surface area contributed by atoms with Gasteiger partial charge in [-0.25, -0.2) is 4.79 Å². The molecule has 0 unspecified atom stereocenters. The minimum atomic E-state index is -0.598. The van der Waals surface area contributed by atoms with Crippen LogP contribution >= 0.6 is 0 Å². The number of urea groups is 1. The van der Waals surface area contributed by atoms with Crippen molar-refractivity contribution in [3.8, 4) is 28.7 Å². The van der Waals surface area contributed by atoms with Crippen LogP contribution in [-0.4, -0.2) is 62.4 Å². The molecule has 3 aliphatic heterocycles. The van der Waals surface area contributed by atoms with Gasteiger partial charge >= 0.3 is 6.03 Å². The number of ether oxygens (including phenoxy) is 5. The molecule has 5 rings (SSSR count). The maximum absolute atomic E-state index is 13.3. The van der Waals surface area contributed by atoms with Crippen LogP contribution in [0.2, 0.25) is 0 Å². The Balaban J connectivity index is 1.74. The van der Waals surface area contributed by atoms with Crippen LogP contribution in [0.5, 0.6) is 28.7 Å². The van der Waals surface area contributed by atoms with Gasteiger partial charge in [-0.05, 0) is 47.9 Å². The first-order chi connectivity index (χ1) is 15.5. The van der Waals surface area contributed by atoms with Gasteiger partial charge in [0.05, 0.1) is 27.4 Å². The molecule has 0 aliphatic carbocycles. The van der Waals surface area contributed by atoms with Crippen LogP contribution in [0.3, 0.4) is 0 Å². The highest BCUT2D eigenvalue weighted by atomic mass is 16.7. The Morgan fingerprint density at radius 1 is 0.969 bits per heavy atom. The summed E-state index contributed by atoms with van der Waals surface area (Å²) in [4.78, 5) is 29.4. The van der Waals surface area contributed by atoms with E-state index in [0.29, 0.717) is 41.7 Å². The molecule has 0 bridgehead atoms. The summed E-state index contributed by atoms with van der Waals surface area (Å²) in [6, 6.07) is 5.98. The molecule has 0 aromatic heterocycles. The zero-order chi connectivity index (χ0) is 22.6. The molecule has 3 aliphatic rings. The number of imide groups is 1. The second kappa shape index (κ2) is 7.51. The van der Waals surface area contributed by atoms with Crippen LogP contribution in [0.1, 0.15) is 29.7 Å². The zero-order valence-electron chi connectivity index (χ0n) is 18.3. The standard InChI is InChI=1S/C23H24N2O7/c1-5-24-22(26)15-6-12-7-16-17(32-11-31-16)10-14(12)20(25(15)23(24)27)13-8-18(28-2)21(30-4)19(9-13)29-3/h7-10,15,20H,5-6,11H2,1-4H3/t15-,20+/m0/s1. The van der Waals surface area contributed by atoms with Gasteiger partial charge in [-0.3, -0.25) is 9.69 Å². The minimum Gasteiger partial charge on any atom is -0.493 e. The number of amides is 3.